The molecule has 6 heteroatoms. The van der Waals surface area contributed by atoms with E-state index in [0.29, 0.717) is 16.3 Å². The Balaban J connectivity index is 0.000000355. The number of nitrogens with zero attached hydrogens (tertiary/aromatic N) is 1. The number of amides is 1. The molecule has 0 aromatic heterocycles. The molecule has 0 saturated carbocycles. The monoisotopic (exact) mass is 367 g/mol. The molecule has 4 nitrogen and oxygen atoms in total. The molecule has 1 amide bonds. The zero-order chi connectivity index (χ0) is 17.4. The lowest BCUT2D eigenvalue weighted by atomic mass is 10.2. The van der Waals surface area contributed by atoms with Crippen LogP contribution in [0.3, 0.4) is 0 Å². The van der Waals surface area contributed by atoms with Gasteiger partial charge in [-0.1, -0.05) is 47.5 Å². The largest absolute Gasteiger partial charge is 0.381 e. The molecule has 0 radical (unpaired) electrons. The number of ether oxygens (including phenoxy) is 1. The summed E-state index contributed by atoms with van der Waals surface area (Å²) in [7, 11) is 1.40. The van der Waals surface area contributed by atoms with Gasteiger partial charge in [-0.3, -0.25) is 9.63 Å². The molecular formula is C18H19Cl2NO3. The number of halogens is 2. The van der Waals surface area contributed by atoms with Crippen molar-refractivity contribution in [1.29, 1.82) is 0 Å². The van der Waals surface area contributed by atoms with Gasteiger partial charge in [0.05, 0.1) is 22.8 Å². The second-order valence-corrected chi connectivity index (χ2v) is 5.83. The molecule has 0 N–H and O–H groups in total. The zero-order valence-electron chi connectivity index (χ0n) is 13.4. The van der Waals surface area contributed by atoms with Crippen LogP contribution < -0.4 is 5.06 Å². The molecule has 1 heterocycles. The molecule has 128 valence electrons. The highest BCUT2D eigenvalue weighted by Gasteiger charge is 2.20. The fourth-order valence-corrected chi connectivity index (χ4v) is 2.52. The van der Waals surface area contributed by atoms with E-state index in [1.807, 2.05) is 6.07 Å². The Morgan fingerprint density at radius 1 is 1.04 bits per heavy atom. The molecule has 0 bridgehead atoms. The summed E-state index contributed by atoms with van der Waals surface area (Å²) in [6.45, 7) is 2.00. The number of anilines is 1. The highest BCUT2D eigenvalue weighted by atomic mass is 35.5. The van der Waals surface area contributed by atoms with Crippen LogP contribution in [0, 0.1) is 0 Å². The predicted octanol–water partition coefficient (Wildman–Crippen LogP) is 5.00. The number of hydrogen-bond donors (Lipinski definition) is 0. The first-order valence-electron chi connectivity index (χ1n) is 7.60. The predicted molar refractivity (Wildman–Crippen MR) is 96.8 cm³/mol. The molecule has 3 rings (SSSR count). The standard InChI is InChI=1S/C14H11Cl2NO2.C4H8O/c1-19-17(12-9-5-8-11(15)13(12)16)14(18)10-6-3-2-4-7-10;1-2-4-5-3-1/h2-9H,1H3;1-4H2. The van der Waals surface area contributed by atoms with Crippen LogP contribution in [-0.4, -0.2) is 26.2 Å². The highest BCUT2D eigenvalue weighted by Crippen LogP contribution is 2.33. The summed E-state index contributed by atoms with van der Waals surface area (Å²) in [6.07, 6.45) is 2.56. The van der Waals surface area contributed by atoms with Crippen molar-refractivity contribution < 1.29 is 14.4 Å². The molecule has 0 unspecified atom stereocenters. The van der Waals surface area contributed by atoms with E-state index in [1.54, 1.807) is 42.5 Å². The van der Waals surface area contributed by atoms with Gasteiger partial charge in [0.2, 0.25) is 0 Å². The summed E-state index contributed by atoms with van der Waals surface area (Å²) in [4.78, 5) is 17.5. The van der Waals surface area contributed by atoms with Crippen molar-refractivity contribution >= 4 is 34.8 Å². The van der Waals surface area contributed by atoms with Gasteiger partial charge in [-0.15, -0.1) is 0 Å². The van der Waals surface area contributed by atoms with E-state index in [4.69, 9.17) is 32.8 Å². The van der Waals surface area contributed by atoms with Crippen molar-refractivity contribution in [2.75, 3.05) is 25.4 Å². The van der Waals surface area contributed by atoms with Crippen molar-refractivity contribution in [3.63, 3.8) is 0 Å². The molecule has 2 aromatic rings. The first-order valence-corrected chi connectivity index (χ1v) is 8.36. The summed E-state index contributed by atoms with van der Waals surface area (Å²) in [6, 6.07) is 13.8. The van der Waals surface area contributed by atoms with Gasteiger partial charge in [0.15, 0.2) is 0 Å². The van der Waals surface area contributed by atoms with Crippen LogP contribution in [0.1, 0.15) is 23.2 Å². The molecule has 1 aliphatic heterocycles. The molecule has 2 aromatic carbocycles. The number of carbonyl (C=O) groups is 1. The van der Waals surface area contributed by atoms with Crippen LogP contribution in [0.4, 0.5) is 5.69 Å². The molecule has 1 aliphatic rings. The Labute approximate surface area is 151 Å². The third-order valence-electron chi connectivity index (χ3n) is 3.37. The van der Waals surface area contributed by atoms with Crippen molar-refractivity contribution in [2.45, 2.75) is 12.8 Å². The van der Waals surface area contributed by atoms with Gasteiger partial charge in [-0.05, 0) is 37.1 Å². The fraction of sp³-hybridized carbons (Fsp3) is 0.278. The molecule has 24 heavy (non-hydrogen) atoms. The van der Waals surface area contributed by atoms with E-state index >= 15 is 0 Å². The van der Waals surface area contributed by atoms with Crippen molar-refractivity contribution in [3.8, 4) is 0 Å². The van der Waals surface area contributed by atoms with Crippen LogP contribution >= 0.6 is 23.2 Å². The Kier molecular flexibility index (Phi) is 7.53. The average Bonchev–Trinajstić information content (AvgIpc) is 3.20. The average molecular weight is 368 g/mol. The van der Waals surface area contributed by atoms with E-state index in [-0.39, 0.29) is 10.9 Å². The van der Waals surface area contributed by atoms with Gasteiger partial charge < -0.3 is 4.74 Å². The van der Waals surface area contributed by atoms with E-state index in [2.05, 4.69) is 0 Å². The summed E-state index contributed by atoms with van der Waals surface area (Å²) in [5.74, 6) is -0.313. The maximum Gasteiger partial charge on any atom is 0.282 e. The molecule has 0 spiro atoms. The third-order valence-corrected chi connectivity index (χ3v) is 4.17. The molecular weight excluding hydrogens is 349 g/mol. The quantitative estimate of drug-likeness (QED) is 0.716. The normalized spacial score (nSPS) is 13.1. The SMILES string of the molecule is C1CCOC1.CON(C(=O)c1ccccc1)c1cccc(Cl)c1Cl. The van der Waals surface area contributed by atoms with Gasteiger partial charge in [-0.2, -0.15) is 5.06 Å². The van der Waals surface area contributed by atoms with Crippen molar-refractivity contribution in [2.24, 2.45) is 0 Å². The molecule has 1 saturated heterocycles. The Hall–Kier alpha value is -1.59. The fourth-order valence-electron chi connectivity index (χ4n) is 2.15. The summed E-state index contributed by atoms with van der Waals surface area (Å²) in [5.41, 5.74) is 0.908. The van der Waals surface area contributed by atoms with Gasteiger partial charge in [-0.25, -0.2) is 0 Å². The van der Waals surface area contributed by atoms with E-state index in [0.717, 1.165) is 18.3 Å². The first-order chi connectivity index (χ1) is 11.6. The first kappa shape index (κ1) is 18.7. The Bertz CT molecular complexity index is 653. The van der Waals surface area contributed by atoms with Gasteiger partial charge >= 0.3 is 0 Å². The number of carbonyl (C=O) groups excluding carboxylic acids is 1. The number of hydrogen-bond acceptors (Lipinski definition) is 3. The van der Waals surface area contributed by atoms with Crippen molar-refractivity contribution in [3.05, 3.63) is 64.1 Å². The van der Waals surface area contributed by atoms with Gasteiger partial charge in [0.25, 0.3) is 5.91 Å². The molecule has 0 atom stereocenters. The zero-order valence-corrected chi connectivity index (χ0v) is 14.9. The number of benzene rings is 2. The van der Waals surface area contributed by atoms with Gasteiger partial charge in [0, 0.05) is 18.8 Å². The third kappa shape index (κ3) is 4.95. The van der Waals surface area contributed by atoms with E-state index < -0.39 is 0 Å². The van der Waals surface area contributed by atoms with Crippen LogP contribution in [0.2, 0.25) is 10.0 Å². The number of hydroxylamine groups is 1. The Morgan fingerprint density at radius 3 is 2.25 bits per heavy atom. The second kappa shape index (κ2) is 9.64. The minimum absolute atomic E-state index is 0.273. The van der Waals surface area contributed by atoms with Crippen LogP contribution in [-0.2, 0) is 9.57 Å². The van der Waals surface area contributed by atoms with Crippen LogP contribution in [0.25, 0.3) is 0 Å². The lowest BCUT2D eigenvalue weighted by molar-refractivity contribution is 0.0773. The maximum absolute atomic E-state index is 12.3. The van der Waals surface area contributed by atoms with E-state index in [1.165, 1.54) is 20.0 Å². The molecule has 1 fully saturated rings. The number of rotatable bonds is 3. The summed E-state index contributed by atoms with van der Waals surface area (Å²) >= 11 is 12.0. The summed E-state index contributed by atoms with van der Waals surface area (Å²) < 4.78 is 4.94. The minimum atomic E-state index is -0.313. The van der Waals surface area contributed by atoms with Gasteiger partial charge in [0.1, 0.15) is 0 Å². The van der Waals surface area contributed by atoms with Crippen molar-refractivity contribution in [1.82, 2.24) is 0 Å². The lowest BCUT2D eigenvalue weighted by Gasteiger charge is -2.21. The van der Waals surface area contributed by atoms with Crippen LogP contribution in [0.15, 0.2) is 48.5 Å². The van der Waals surface area contributed by atoms with Crippen LogP contribution in [0.5, 0.6) is 0 Å². The smallest absolute Gasteiger partial charge is 0.282 e. The highest BCUT2D eigenvalue weighted by molar-refractivity contribution is 6.44. The summed E-state index contributed by atoms with van der Waals surface area (Å²) in [5, 5.41) is 1.75. The maximum atomic E-state index is 12.3. The Morgan fingerprint density at radius 2 is 1.71 bits per heavy atom. The van der Waals surface area contributed by atoms with E-state index in [9.17, 15) is 4.79 Å². The second-order valence-electron chi connectivity index (χ2n) is 5.04. The topological polar surface area (TPSA) is 38.8 Å². The minimum Gasteiger partial charge on any atom is -0.381 e. The lowest BCUT2D eigenvalue weighted by Crippen LogP contribution is -2.30. The molecule has 0 aliphatic carbocycles.